The molecule has 0 fully saturated rings. The van der Waals surface area contributed by atoms with Crippen LogP contribution in [0.15, 0.2) is 24.3 Å². The maximum absolute atomic E-state index is 12.6. The molecule has 0 spiro atoms. The average Bonchev–Trinajstić information content (AvgIpc) is 2.89. The van der Waals surface area contributed by atoms with Crippen LogP contribution in [0, 0.1) is 6.92 Å². The van der Waals surface area contributed by atoms with Gasteiger partial charge in [-0.1, -0.05) is 11.6 Å². The zero-order valence-electron chi connectivity index (χ0n) is 13.3. The van der Waals surface area contributed by atoms with Gasteiger partial charge in [0.05, 0.1) is 5.02 Å². The number of benzene rings is 1. The highest BCUT2D eigenvalue weighted by Gasteiger charge is 2.34. The summed E-state index contributed by atoms with van der Waals surface area (Å²) in [6.45, 7) is -1.65. The van der Waals surface area contributed by atoms with E-state index in [-0.39, 0.29) is 35.1 Å². The van der Waals surface area contributed by atoms with Gasteiger partial charge < -0.3 is 10.1 Å². The fourth-order valence-electron chi connectivity index (χ4n) is 2.08. The quantitative estimate of drug-likeness (QED) is 0.730. The molecule has 0 aliphatic carbocycles. The number of alkyl halides is 5. The second-order valence-corrected chi connectivity index (χ2v) is 5.62. The molecular weight excluding hydrogens is 385 g/mol. The van der Waals surface area contributed by atoms with Gasteiger partial charge in [-0.2, -0.15) is 27.1 Å². The number of amides is 1. The Labute approximate surface area is 149 Å². The normalized spacial score (nSPS) is 11.7. The highest BCUT2D eigenvalue weighted by molar-refractivity contribution is 6.32. The van der Waals surface area contributed by atoms with Crippen LogP contribution in [0.25, 0.3) is 0 Å². The van der Waals surface area contributed by atoms with Gasteiger partial charge in [0.15, 0.2) is 5.69 Å². The monoisotopic (exact) mass is 397 g/mol. The number of rotatable bonds is 6. The van der Waals surface area contributed by atoms with Crippen LogP contribution >= 0.6 is 11.6 Å². The van der Waals surface area contributed by atoms with Gasteiger partial charge in [0, 0.05) is 24.3 Å². The average molecular weight is 398 g/mol. The van der Waals surface area contributed by atoms with Crippen molar-refractivity contribution in [1.29, 1.82) is 0 Å². The standard InChI is InChI=1S/C15H13ClF5N3O2/c1-8-6-12(15(19,20)21)23-24(8)5-4-13(25)22-9-2-3-11(10(16)7-9)26-14(17)18/h2-3,6-7,14H,4-5H2,1H3,(H,22,25). The summed E-state index contributed by atoms with van der Waals surface area (Å²) in [6.07, 6.45) is -4.70. The van der Waals surface area contributed by atoms with Gasteiger partial charge in [-0.15, -0.1) is 0 Å². The lowest BCUT2D eigenvalue weighted by Crippen LogP contribution is -2.16. The van der Waals surface area contributed by atoms with Gasteiger partial charge in [0.25, 0.3) is 0 Å². The molecule has 11 heteroatoms. The van der Waals surface area contributed by atoms with Gasteiger partial charge in [0.1, 0.15) is 5.75 Å². The second kappa shape index (κ2) is 7.90. The number of hydrogen-bond acceptors (Lipinski definition) is 3. The predicted molar refractivity (Wildman–Crippen MR) is 83.3 cm³/mol. The topological polar surface area (TPSA) is 56.2 Å². The van der Waals surface area contributed by atoms with Gasteiger partial charge in [-0.3, -0.25) is 9.48 Å². The lowest BCUT2D eigenvalue weighted by Gasteiger charge is -2.10. The molecule has 1 aromatic heterocycles. The smallest absolute Gasteiger partial charge is 0.433 e. The van der Waals surface area contributed by atoms with Crippen molar-refractivity contribution >= 4 is 23.2 Å². The molecule has 0 radical (unpaired) electrons. The first-order chi connectivity index (χ1) is 12.1. The Morgan fingerprint density at radius 3 is 2.58 bits per heavy atom. The minimum atomic E-state index is -4.56. The fraction of sp³-hybridized carbons (Fsp3) is 0.333. The van der Waals surface area contributed by atoms with Crippen molar-refractivity contribution in [3.05, 3.63) is 40.7 Å². The summed E-state index contributed by atoms with van der Waals surface area (Å²) in [5.41, 5.74) is -0.534. The van der Waals surface area contributed by atoms with E-state index in [1.54, 1.807) is 0 Å². The highest BCUT2D eigenvalue weighted by Crippen LogP contribution is 2.29. The first-order valence-corrected chi connectivity index (χ1v) is 7.60. The fourth-order valence-corrected chi connectivity index (χ4v) is 2.30. The number of carbonyl (C=O) groups excluding carboxylic acids is 1. The van der Waals surface area contributed by atoms with Crippen LogP contribution in [0.3, 0.4) is 0 Å². The van der Waals surface area contributed by atoms with E-state index in [9.17, 15) is 26.7 Å². The molecule has 0 bridgehead atoms. The number of ether oxygens (including phenoxy) is 1. The number of aryl methyl sites for hydroxylation is 2. The summed E-state index contributed by atoms with van der Waals surface area (Å²) in [4.78, 5) is 11.9. The Morgan fingerprint density at radius 1 is 1.35 bits per heavy atom. The van der Waals surface area contributed by atoms with E-state index in [0.29, 0.717) is 0 Å². The number of nitrogens with one attached hydrogen (secondary N) is 1. The summed E-state index contributed by atoms with van der Waals surface area (Å²) in [7, 11) is 0. The zero-order chi connectivity index (χ0) is 19.5. The summed E-state index contributed by atoms with van der Waals surface area (Å²) < 4.78 is 67.3. The third-order valence-electron chi connectivity index (χ3n) is 3.25. The lowest BCUT2D eigenvalue weighted by molar-refractivity contribution is -0.141. The molecule has 0 saturated carbocycles. The molecular formula is C15H13ClF5N3O2. The Bertz CT molecular complexity index is 792. The Hall–Kier alpha value is -2.36. The van der Waals surface area contributed by atoms with Crippen molar-refractivity contribution in [3.63, 3.8) is 0 Å². The summed E-state index contributed by atoms with van der Waals surface area (Å²) in [5, 5.41) is 5.75. The molecule has 0 atom stereocenters. The Kier molecular flexibility index (Phi) is 6.06. The van der Waals surface area contributed by atoms with E-state index < -0.39 is 24.4 Å². The molecule has 2 aromatic rings. The summed E-state index contributed by atoms with van der Waals surface area (Å²) in [6, 6.07) is 4.58. The molecule has 1 aromatic carbocycles. The Balaban J connectivity index is 1.95. The maximum Gasteiger partial charge on any atom is 0.435 e. The number of halogens is 6. The van der Waals surface area contributed by atoms with Crippen molar-refractivity contribution in [2.24, 2.45) is 0 Å². The molecule has 26 heavy (non-hydrogen) atoms. The van der Waals surface area contributed by atoms with Gasteiger partial charge >= 0.3 is 12.8 Å². The predicted octanol–water partition coefficient (Wildman–Crippen LogP) is 4.49. The number of aromatic nitrogens is 2. The molecule has 0 aliphatic heterocycles. The molecule has 5 nitrogen and oxygen atoms in total. The van der Waals surface area contributed by atoms with Crippen molar-refractivity contribution in [3.8, 4) is 5.75 Å². The van der Waals surface area contributed by atoms with Gasteiger partial charge in [-0.25, -0.2) is 0 Å². The molecule has 0 aliphatic rings. The van der Waals surface area contributed by atoms with Gasteiger partial charge in [-0.05, 0) is 31.2 Å². The van der Waals surface area contributed by atoms with Crippen LogP contribution in [0.4, 0.5) is 27.6 Å². The first kappa shape index (κ1) is 20.0. The van der Waals surface area contributed by atoms with Crippen LogP contribution < -0.4 is 10.1 Å². The SMILES string of the molecule is Cc1cc(C(F)(F)F)nn1CCC(=O)Nc1ccc(OC(F)F)c(Cl)c1. The maximum atomic E-state index is 12.6. The molecule has 0 unspecified atom stereocenters. The van der Waals surface area contributed by atoms with Crippen molar-refractivity contribution in [2.45, 2.75) is 32.7 Å². The minimum Gasteiger partial charge on any atom is -0.433 e. The van der Waals surface area contributed by atoms with E-state index in [1.165, 1.54) is 19.1 Å². The lowest BCUT2D eigenvalue weighted by atomic mass is 10.3. The molecule has 1 amide bonds. The van der Waals surface area contributed by atoms with E-state index in [2.05, 4.69) is 15.2 Å². The zero-order valence-corrected chi connectivity index (χ0v) is 14.0. The van der Waals surface area contributed by atoms with Crippen LogP contribution in [-0.4, -0.2) is 22.3 Å². The van der Waals surface area contributed by atoms with Crippen molar-refractivity contribution < 1.29 is 31.5 Å². The van der Waals surface area contributed by atoms with Crippen LogP contribution in [0.1, 0.15) is 17.8 Å². The van der Waals surface area contributed by atoms with E-state index in [0.717, 1.165) is 16.8 Å². The highest BCUT2D eigenvalue weighted by atomic mass is 35.5. The molecule has 1 heterocycles. The summed E-state index contributed by atoms with van der Waals surface area (Å²) in [5.74, 6) is -0.751. The molecule has 1 N–H and O–H groups in total. The summed E-state index contributed by atoms with van der Waals surface area (Å²) >= 11 is 5.77. The number of nitrogens with zero attached hydrogens (tertiary/aromatic N) is 2. The first-order valence-electron chi connectivity index (χ1n) is 7.22. The molecule has 2 rings (SSSR count). The van der Waals surface area contributed by atoms with E-state index in [4.69, 9.17) is 11.6 Å². The third kappa shape index (κ3) is 5.32. The van der Waals surface area contributed by atoms with E-state index in [1.807, 2.05) is 0 Å². The molecule has 0 saturated heterocycles. The number of carbonyl (C=O) groups is 1. The molecule has 142 valence electrons. The number of anilines is 1. The van der Waals surface area contributed by atoms with Crippen LogP contribution in [-0.2, 0) is 17.5 Å². The van der Waals surface area contributed by atoms with Crippen LogP contribution in [0.2, 0.25) is 5.02 Å². The second-order valence-electron chi connectivity index (χ2n) is 5.21. The number of hydrogen-bond donors (Lipinski definition) is 1. The largest absolute Gasteiger partial charge is 0.435 e. The third-order valence-corrected chi connectivity index (χ3v) is 3.55. The van der Waals surface area contributed by atoms with E-state index >= 15 is 0 Å². The van der Waals surface area contributed by atoms with Crippen LogP contribution in [0.5, 0.6) is 5.75 Å². The van der Waals surface area contributed by atoms with Crippen molar-refractivity contribution in [1.82, 2.24) is 9.78 Å². The van der Waals surface area contributed by atoms with Crippen molar-refractivity contribution in [2.75, 3.05) is 5.32 Å². The Morgan fingerprint density at radius 2 is 2.04 bits per heavy atom. The van der Waals surface area contributed by atoms with Gasteiger partial charge in [0.2, 0.25) is 5.91 Å². The minimum absolute atomic E-state index is 0.0615.